The van der Waals surface area contributed by atoms with Gasteiger partial charge in [0.15, 0.2) is 0 Å². The van der Waals surface area contributed by atoms with Gasteiger partial charge in [0.05, 0.1) is 11.4 Å². The van der Waals surface area contributed by atoms with Crippen LogP contribution in [-0.4, -0.2) is 25.0 Å². The minimum atomic E-state index is 0.177. The molecule has 1 heterocycles. The zero-order valence-corrected chi connectivity index (χ0v) is 14.9. The first-order chi connectivity index (χ1) is 11.6. The molecule has 1 amide bonds. The smallest absolute Gasteiger partial charge is 0.220 e. The summed E-state index contributed by atoms with van der Waals surface area (Å²) in [5, 5.41) is 3.23. The number of aryl methyl sites for hydroxylation is 1. The molecule has 24 heavy (non-hydrogen) atoms. The third-order valence-electron chi connectivity index (χ3n) is 5.64. The third-order valence-corrected chi connectivity index (χ3v) is 5.64. The summed E-state index contributed by atoms with van der Waals surface area (Å²) in [6.45, 7) is 4.46. The molecule has 3 N–H and O–H groups in total. The molecular weight excluding hydrogens is 298 g/mol. The minimum Gasteiger partial charge on any atom is -0.397 e. The fourth-order valence-corrected chi connectivity index (χ4v) is 4.07. The normalized spacial score (nSPS) is 24.1. The Hall–Kier alpha value is -1.71. The standard InChI is InChI=1S/C20H31N3O/c1-15-6-2-3-7-18(15)22-20(24)11-9-16-8-10-19(17(21)14-16)23-12-4-5-13-23/h8,10,14-15,18H,2-7,9,11-13,21H2,1H3,(H,22,24). The van der Waals surface area contributed by atoms with Crippen molar-refractivity contribution in [3.8, 4) is 0 Å². The van der Waals surface area contributed by atoms with E-state index in [2.05, 4.69) is 29.3 Å². The second kappa shape index (κ2) is 7.91. The van der Waals surface area contributed by atoms with Gasteiger partial charge in [-0.05, 0) is 55.7 Å². The lowest BCUT2D eigenvalue weighted by Gasteiger charge is -2.29. The molecule has 3 rings (SSSR count). The van der Waals surface area contributed by atoms with Crippen LogP contribution >= 0.6 is 0 Å². The topological polar surface area (TPSA) is 58.4 Å². The van der Waals surface area contributed by atoms with Crippen LogP contribution < -0.4 is 16.0 Å². The van der Waals surface area contributed by atoms with Gasteiger partial charge in [0.1, 0.15) is 0 Å². The highest BCUT2D eigenvalue weighted by molar-refractivity contribution is 5.77. The molecule has 4 heteroatoms. The number of nitrogens with one attached hydrogen (secondary N) is 1. The number of carbonyl (C=O) groups excluding carboxylic acids is 1. The van der Waals surface area contributed by atoms with E-state index in [0.29, 0.717) is 18.4 Å². The Balaban J connectivity index is 1.50. The third kappa shape index (κ3) is 4.22. The molecule has 2 atom stereocenters. The van der Waals surface area contributed by atoms with Gasteiger partial charge in [-0.15, -0.1) is 0 Å². The first-order valence-corrected chi connectivity index (χ1v) is 9.56. The summed E-state index contributed by atoms with van der Waals surface area (Å²) >= 11 is 0. The average Bonchev–Trinajstić information content (AvgIpc) is 3.09. The second-order valence-corrected chi connectivity index (χ2v) is 7.52. The van der Waals surface area contributed by atoms with E-state index in [1.807, 2.05) is 6.07 Å². The molecule has 2 aliphatic rings. The molecule has 1 aliphatic heterocycles. The first-order valence-electron chi connectivity index (χ1n) is 9.56. The first kappa shape index (κ1) is 17.1. The number of rotatable bonds is 5. The van der Waals surface area contributed by atoms with Gasteiger partial charge >= 0.3 is 0 Å². The maximum Gasteiger partial charge on any atom is 0.220 e. The highest BCUT2D eigenvalue weighted by atomic mass is 16.1. The van der Waals surface area contributed by atoms with Crippen LogP contribution in [0.15, 0.2) is 18.2 Å². The Morgan fingerprint density at radius 2 is 1.96 bits per heavy atom. The highest BCUT2D eigenvalue weighted by Gasteiger charge is 2.22. The van der Waals surface area contributed by atoms with Gasteiger partial charge in [-0.25, -0.2) is 0 Å². The monoisotopic (exact) mass is 329 g/mol. The lowest BCUT2D eigenvalue weighted by atomic mass is 9.86. The summed E-state index contributed by atoms with van der Waals surface area (Å²) in [6, 6.07) is 6.66. The fourth-order valence-electron chi connectivity index (χ4n) is 4.07. The predicted molar refractivity (Wildman–Crippen MR) is 100 cm³/mol. The number of nitrogens with two attached hydrogens (primary N) is 1. The van der Waals surface area contributed by atoms with Crippen molar-refractivity contribution in [2.75, 3.05) is 23.7 Å². The summed E-state index contributed by atoms with van der Waals surface area (Å²) in [5.74, 6) is 0.786. The Bertz CT molecular complexity index is 566. The highest BCUT2D eigenvalue weighted by Crippen LogP contribution is 2.28. The van der Waals surface area contributed by atoms with Crippen molar-refractivity contribution in [1.82, 2.24) is 5.32 Å². The summed E-state index contributed by atoms with van der Waals surface area (Å²) < 4.78 is 0. The molecule has 4 nitrogen and oxygen atoms in total. The van der Waals surface area contributed by atoms with Crippen molar-refractivity contribution >= 4 is 17.3 Å². The van der Waals surface area contributed by atoms with E-state index >= 15 is 0 Å². The van der Waals surface area contributed by atoms with Crippen LogP contribution in [0.4, 0.5) is 11.4 Å². The van der Waals surface area contributed by atoms with Crippen molar-refractivity contribution < 1.29 is 4.79 Å². The van der Waals surface area contributed by atoms with Gasteiger partial charge in [0, 0.05) is 25.6 Å². The van der Waals surface area contributed by atoms with Crippen LogP contribution in [0.25, 0.3) is 0 Å². The van der Waals surface area contributed by atoms with Crippen molar-refractivity contribution in [1.29, 1.82) is 0 Å². The van der Waals surface area contributed by atoms with Crippen molar-refractivity contribution in [2.24, 2.45) is 5.92 Å². The van der Waals surface area contributed by atoms with E-state index < -0.39 is 0 Å². The Morgan fingerprint density at radius 1 is 1.21 bits per heavy atom. The number of anilines is 2. The van der Waals surface area contributed by atoms with Crippen molar-refractivity contribution in [3.05, 3.63) is 23.8 Å². The van der Waals surface area contributed by atoms with Gasteiger partial charge < -0.3 is 16.0 Å². The van der Waals surface area contributed by atoms with Gasteiger partial charge in [-0.1, -0.05) is 25.8 Å². The summed E-state index contributed by atoms with van der Waals surface area (Å²) in [4.78, 5) is 14.6. The summed E-state index contributed by atoms with van der Waals surface area (Å²) in [7, 11) is 0. The quantitative estimate of drug-likeness (QED) is 0.813. The predicted octanol–water partition coefficient (Wildman–Crippen LogP) is 3.50. The number of amides is 1. The van der Waals surface area contributed by atoms with Gasteiger partial charge in [-0.3, -0.25) is 4.79 Å². The van der Waals surface area contributed by atoms with Gasteiger partial charge in [0.2, 0.25) is 5.91 Å². The Kier molecular flexibility index (Phi) is 5.64. The zero-order valence-electron chi connectivity index (χ0n) is 14.9. The molecule has 1 aliphatic carbocycles. The maximum absolute atomic E-state index is 12.2. The molecule has 132 valence electrons. The van der Waals surface area contributed by atoms with Crippen LogP contribution in [0.3, 0.4) is 0 Å². The van der Waals surface area contributed by atoms with Crippen LogP contribution in [0.1, 0.15) is 57.4 Å². The van der Waals surface area contributed by atoms with Crippen LogP contribution in [-0.2, 0) is 11.2 Å². The molecule has 1 saturated carbocycles. The van der Waals surface area contributed by atoms with Crippen LogP contribution in [0.5, 0.6) is 0 Å². The number of hydrogen-bond acceptors (Lipinski definition) is 3. The molecule has 0 bridgehead atoms. The van der Waals surface area contributed by atoms with E-state index in [0.717, 1.165) is 42.9 Å². The lowest BCUT2D eigenvalue weighted by Crippen LogP contribution is -2.41. The second-order valence-electron chi connectivity index (χ2n) is 7.52. The van der Waals surface area contributed by atoms with E-state index in [1.165, 1.54) is 32.1 Å². The Labute approximate surface area is 145 Å². The number of benzene rings is 1. The molecule has 2 unspecified atom stereocenters. The molecule has 0 aromatic heterocycles. The lowest BCUT2D eigenvalue weighted by molar-refractivity contribution is -0.122. The number of carbonyl (C=O) groups is 1. The van der Waals surface area contributed by atoms with Crippen LogP contribution in [0.2, 0.25) is 0 Å². The molecule has 1 aromatic rings. The maximum atomic E-state index is 12.2. The van der Waals surface area contributed by atoms with Gasteiger partial charge in [-0.2, -0.15) is 0 Å². The molecular formula is C20H31N3O. The largest absolute Gasteiger partial charge is 0.397 e. The molecule has 0 spiro atoms. The Morgan fingerprint density at radius 3 is 2.67 bits per heavy atom. The van der Waals surface area contributed by atoms with Crippen LogP contribution in [0, 0.1) is 5.92 Å². The molecule has 1 aromatic carbocycles. The average molecular weight is 329 g/mol. The molecule has 2 fully saturated rings. The SMILES string of the molecule is CC1CCCCC1NC(=O)CCc1ccc(N2CCCC2)c(N)c1. The summed E-state index contributed by atoms with van der Waals surface area (Å²) in [6.07, 6.45) is 8.72. The number of hydrogen-bond donors (Lipinski definition) is 2. The summed E-state index contributed by atoms with van der Waals surface area (Å²) in [5.41, 5.74) is 9.38. The van der Waals surface area contributed by atoms with E-state index in [9.17, 15) is 4.79 Å². The minimum absolute atomic E-state index is 0.177. The number of nitrogen functional groups attached to an aromatic ring is 1. The van der Waals surface area contributed by atoms with Crippen molar-refractivity contribution in [2.45, 2.75) is 64.3 Å². The van der Waals surface area contributed by atoms with Crippen molar-refractivity contribution in [3.63, 3.8) is 0 Å². The van der Waals surface area contributed by atoms with E-state index in [4.69, 9.17) is 5.73 Å². The van der Waals surface area contributed by atoms with E-state index in [1.54, 1.807) is 0 Å². The van der Waals surface area contributed by atoms with E-state index in [-0.39, 0.29) is 5.91 Å². The molecule has 0 radical (unpaired) electrons. The van der Waals surface area contributed by atoms with Gasteiger partial charge in [0.25, 0.3) is 0 Å². The number of nitrogens with zero attached hydrogens (tertiary/aromatic N) is 1. The zero-order chi connectivity index (χ0) is 16.9. The molecule has 1 saturated heterocycles. The fraction of sp³-hybridized carbons (Fsp3) is 0.650.